The second-order valence-electron chi connectivity index (χ2n) is 14.6. The molecule has 0 bridgehead atoms. The molecule has 1 unspecified atom stereocenters. The van der Waals surface area contributed by atoms with Gasteiger partial charge in [-0.1, -0.05) is 13.3 Å². The number of quaternary nitrogens is 1. The van der Waals surface area contributed by atoms with Crippen LogP contribution in [0.5, 0.6) is 0 Å². The van der Waals surface area contributed by atoms with E-state index in [1.807, 2.05) is 0 Å². The standard InChI is InChI=1S/C28H57N4/c1-11-17-31(23-19-24(2,3)29-25(4,5)20-23)32(10)18-15-13-12-14-16-28(32)21-26(6,7)30-27(8,9)22-28/h23,29-30H,11-22H2,1-10H3/q+1. The van der Waals surface area contributed by atoms with Crippen LogP contribution >= 0.6 is 0 Å². The first kappa shape index (κ1) is 26.4. The number of rotatable bonds is 4. The molecule has 0 radical (unpaired) electrons. The van der Waals surface area contributed by atoms with Gasteiger partial charge in [0.15, 0.2) is 0 Å². The highest BCUT2D eigenvalue weighted by Crippen LogP contribution is 2.49. The monoisotopic (exact) mass is 449 g/mol. The Morgan fingerprint density at radius 3 is 1.78 bits per heavy atom. The molecule has 3 heterocycles. The van der Waals surface area contributed by atoms with E-state index >= 15 is 0 Å². The third-order valence-electron chi connectivity index (χ3n) is 8.84. The zero-order chi connectivity index (χ0) is 24.1. The average Bonchev–Trinajstić information content (AvgIpc) is 2.55. The lowest BCUT2D eigenvalue weighted by atomic mass is 9.66. The number of nitrogens with one attached hydrogen (secondary N) is 2. The molecule has 0 amide bonds. The Bertz CT molecular complexity index is 618. The molecule has 0 aromatic carbocycles. The lowest BCUT2D eigenvalue weighted by Gasteiger charge is -2.65. The van der Waals surface area contributed by atoms with Crippen molar-refractivity contribution in [2.45, 2.75) is 160 Å². The van der Waals surface area contributed by atoms with Crippen molar-refractivity contribution >= 4 is 0 Å². The van der Waals surface area contributed by atoms with Gasteiger partial charge in [-0.3, -0.25) is 0 Å². The van der Waals surface area contributed by atoms with E-state index in [-0.39, 0.29) is 22.2 Å². The maximum Gasteiger partial charge on any atom is 0.120 e. The van der Waals surface area contributed by atoms with Crippen LogP contribution in [0.3, 0.4) is 0 Å². The van der Waals surface area contributed by atoms with Crippen LogP contribution < -0.4 is 10.6 Å². The van der Waals surface area contributed by atoms with Gasteiger partial charge in [0, 0.05) is 48.0 Å². The number of hydrogen-bond donors (Lipinski definition) is 2. The second-order valence-corrected chi connectivity index (χ2v) is 14.6. The SMILES string of the molecule is CCCN(C1CC(C)(C)NC(C)(C)C1)[N+]1(C)CCCCCCC12CC(C)(C)NC(C)(C)C2. The Hall–Kier alpha value is -0.160. The van der Waals surface area contributed by atoms with Crippen molar-refractivity contribution in [3.05, 3.63) is 0 Å². The van der Waals surface area contributed by atoms with Crippen LogP contribution in [0.2, 0.25) is 0 Å². The fraction of sp³-hybridized carbons (Fsp3) is 1.00. The Morgan fingerprint density at radius 2 is 1.25 bits per heavy atom. The molecule has 3 aliphatic heterocycles. The third kappa shape index (κ3) is 5.56. The van der Waals surface area contributed by atoms with Crippen LogP contribution in [-0.2, 0) is 0 Å². The summed E-state index contributed by atoms with van der Waals surface area (Å²) in [6, 6.07) is 0.628. The molecule has 0 aromatic heterocycles. The molecule has 3 fully saturated rings. The average molecular weight is 450 g/mol. The van der Waals surface area contributed by atoms with Gasteiger partial charge in [-0.05, 0) is 93.9 Å². The highest BCUT2D eigenvalue weighted by Gasteiger charge is 2.60. The van der Waals surface area contributed by atoms with Gasteiger partial charge >= 0.3 is 0 Å². The number of hydrogen-bond acceptors (Lipinski definition) is 3. The highest BCUT2D eigenvalue weighted by molar-refractivity contribution is 5.06. The van der Waals surface area contributed by atoms with Crippen molar-refractivity contribution in [1.29, 1.82) is 0 Å². The Balaban J connectivity index is 2.10. The van der Waals surface area contributed by atoms with Crippen LogP contribution in [0.1, 0.15) is 127 Å². The maximum atomic E-state index is 4.02. The van der Waals surface area contributed by atoms with Crippen molar-refractivity contribution < 1.29 is 4.59 Å². The fourth-order valence-electron chi connectivity index (χ4n) is 8.81. The van der Waals surface area contributed by atoms with Crippen LogP contribution in [-0.4, -0.2) is 63.5 Å². The largest absolute Gasteiger partial charge is 0.307 e. The summed E-state index contributed by atoms with van der Waals surface area (Å²) in [4.78, 5) is 0. The molecule has 0 aliphatic carbocycles. The van der Waals surface area contributed by atoms with Crippen molar-refractivity contribution in [2.24, 2.45) is 0 Å². The van der Waals surface area contributed by atoms with E-state index < -0.39 is 0 Å². The topological polar surface area (TPSA) is 27.3 Å². The van der Waals surface area contributed by atoms with Crippen molar-refractivity contribution in [2.75, 3.05) is 20.1 Å². The normalized spacial score (nSPS) is 34.2. The quantitative estimate of drug-likeness (QED) is 0.514. The molecule has 3 rings (SSSR count). The molecule has 0 saturated carbocycles. The van der Waals surface area contributed by atoms with Gasteiger partial charge in [0.2, 0.25) is 0 Å². The summed E-state index contributed by atoms with van der Waals surface area (Å²) in [5, 5.41) is 11.0. The van der Waals surface area contributed by atoms with E-state index in [9.17, 15) is 0 Å². The minimum atomic E-state index is 0.172. The van der Waals surface area contributed by atoms with Gasteiger partial charge in [-0.25, -0.2) is 4.59 Å². The molecule has 3 aliphatic rings. The molecule has 4 nitrogen and oxygen atoms in total. The van der Waals surface area contributed by atoms with Crippen molar-refractivity contribution in [1.82, 2.24) is 15.6 Å². The smallest absolute Gasteiger partial charge is 0.120 e. The van der Waals surface area contributed by atoms with Crippen LogP contribution in [0, 0.1) is 0 Å². The molecule has 0 aromatic rings. The molecule has 1 spiro atoms. The molecule has 1 atom stereocenters. The van der Waals surface area contributed by atoms with E-state index in [4.69, 9.17) is 0 Å². The predicted molar refractivity (Wildman–Crippen MR) is 139 cm³/mol. The third-order valence-corrected chi connectivity index (χ3v) is 8.84. The Kier molecular flexibility index (Phi) is 7.28. The summed E-state index contributed by atoms with van der Waals surface area (Å²) in [6.45, 7) is 24.4. The van der Waals surface area contributed by atoms with E-state index in [0.717, 1.165) is 4.59 Å². The summed E-state index contributed by atoms with van der Waals surface area (Å²) in [7, 11) is 2.65. The van der Waals surface area contributed by atoms with E-state index in [1.54, 1.807) is 0 Å². The second kappa shape index (κ2) is 8.81. The molecule has 32 heavy (non-hydrogen) atoms. The maximum absolute atomic E-state index is 4.02. The summed E-state index contributed by atoms with van der Waals surface area (Å²) < 4.78 is 1.16. The van der Waals surface area contributed by atoms with Crippen LogP contribution in [0.25, 0.3) is 0 Å². The first-order chi connectivity index (χ1) is 14.5. The number of likely N-dealkylation sites (tertiary alicyclic amines) is 1. The van der Waals surface area contributed by atoms with Crippen LogP contribution in [0.4, 0.5) is 0 Å². The van der Waals surface area contributed by atoms with Gasteiger partial charge in [-0.15, -0.1) is 0 Å². The van der Waals surface area contributed by atoms with Gasteiger partial charge in [-0.2, -0.15) is 5.01 Å². The van der Waals surface area contributed by atoms with Gasteiger partial charge < -0.3 is 10.6 Å². The minimum absolute atomic E-state index is 0.172. The van der Waals surface area contributed by atoms with E-state index in [1.165, 1.54) is 77.3 Å². The van der Waals surface area contributed by atoms with Gasteiger partial charge in [0.25, 0.3) is 0 Å². The molecular formula is C28H57N4+. The molecule has 188 valence electrons. The zero-order valence-corrected chi connectivity index (χ0v) is 23.5. The van der Waals surface area contributed by atoms with Crippen molar-refractivity contribution in [3.63, 3.8) is 0 Å². The van der Waals surface area contributed by atoms with Gasteiger partial charge in [0.1, 0.15) is 5.54 Å². The Labute approximate surface area is 200 Å². The molecule has 2 N–H and O–H groups in total. The number of nitrogens with zero attached hydrogens (tertiary/aromatic N) is 2. The zero-order valence-electron chi connectivity index (χ0n) is 23.5. The summed E-state index contributed by atoms with van der Waals surface area (Å²) in [6.07, 6.45) is 13.2. The first-order valence-electron chi connectivity index (χ1n) is 13.8. The molecular weight excluding hydrogens is 392 g/mol. The number of piperidine rings is 2. The van der Waals surface area contributed by atoms with Crippen molar-refractivity contribution in [3.8, 4) is 0 Å². The lowest BCUT2D eigenvalue weighted by Crippen LogP contribution is -2.79. The van der Waals surface area contributed by atoms with E-state index in [2.05, 4.69) is 85.0 Å². The van der Waals surface area contributed by atoms with E-state index in [0.29, 0.717) is 11.6 Å². The summed E-state index contributed by atoms with van der Waals surface area (Å²) >= 11 is 0. The fourth-order valence-corrected chi connectivity index (χ4v) is 8.81. The summed E-state index contributed by atoms with van der Waals surface area (Å²) in [5.74, 6) is 0. The Morgan fingerprint density at radius 1 is 0.750 bits per heavy atom. The molecule has 4 heteroatoms. The molecule has 3 saturated heterocycles. The predicted octanol–water partition coefficient (Wildman–Crippen LogP) is 6.01. The summed E-state index contributed by atoms with van der Waals surface area (Å²) in [5.41, 5.74) is 1.02. The first-order valence-corrected chi connectivity index (χ1v) is 13.8. The highest BCUT2D eigenvalue weighted by atomic mass is 15.8. The lowest BCUT2D eigenvalue weighted by molar-refractivity contribution is -1.07. The van der Waals surface area contributed by atoms with Gasteiger partial charge in [0.05, 0.1) is 19.6 Å². The minimum Gasteiger partial charge on any atom is -0.307 e. The van der Waals surface area contributed by atoms with Crippen LogP contribution in [0.15, 0.2) is 0 Å².